The number of thiazole rings is 1. The first-order chi connectivity index (χ1) is 13.2. The predicted molar refractivity (Wildman–Crippen MR) is 104 cm³/mol. The molecule has 0 radical (unpaired) electrons. The molecule has 140 valence electrons. The zero-order valence-electron chi connectivity index (χ0n) is 15.1. The molecule has 3 aromatic rings. The van der Waals surface area contributed by atoms with Crippen LogP contribution in [0.5, 0.6) is 22.4 Å². The van der Waals surface area contributed by atoms with Gasteiger partial charge in [-0.15, -0.1) is 0 Å². The molecule has 3 rings (SSSR count). The molecule has 1 N–H and O–H groups in total. The molecule has 0 saturated heterocycles. The van der Waals surface area contributed by atoms with Crippen molar-refractivity contribution in [3.8, 4) is 22.4 Å². The first-order valence-electron chi connectivity index (χ1n) is 8.36. The van der Waals surface area contributed by atoms with Crippen LogP contribution < -0.4 is 19.5 Å². The standard InChI is InChI=1S/C20H20N2O4S/c1-24-17-8-3-14(13-18(17)25-2)9-10-21-19(23)15-4-6-16(7-5-15)26-20-22-11-12-27-20/h3-8,11-13H,9-10H2,1-2H3,(H,21,23). The van der Waals surface area contributed by atoms with E-state index in [1.54, 1.807) is 44.7 Å². The Kier molecular flexibility index (Phi) is 6.27. The molecule has 2 aromatic carbocycles. The van der Waals surface area contributed by atoms with Gasteiger partial charge >= 0.3 is 0 Å². The molecule has 0 bridgehead atoms. The Balaban J connectivity index is 1.52. The van der Waals surface area contributed by atoms with E-state index < -0.39 is 0 Å². The van der Waals surface area contributed by atoms with Gasteiger partial charge in [-0.25, -0.2) is 4.98 Å². The number of ether oxygens (including phenoxy) is 3. The van der Waals surface area contributed by atoms with Gasteiger partial charge in [0.1, 0.15) is 5.75 Å². The number of carbonyl (C=O) groups is 1. The average molecular weight is 384 g/mol. The molecule has 1 amide bonds. The van der Waals surface area contributed by atoms with Crippen molar-refractivity contribution in [1.29, 1.82) is 0 Å². The molecule has 1 heterocycles. The molecule has 0 atom stereocenters. The highest BCUT2D eigenvalue weighted by molar-refractivity contribution is 7.11. The zero-order valence-corrected chi connectivity index (χ0v) is 15.9. The summed E-state index contributed by atoms with van der Waals surface area (Å²) in [5, 5.41) is 5.33. The van der Waals surface area contributed by atoms with Gasteiger partial charge in [0.15, 0.2) is 11.5 Å². The highest BCUT2D eigenvalue weighted by Crippen LogP contribution is 2.27. The Morgan fingerprint density at radius 2 is 1.85 bits per heavy atom. The summed E-state index contributed by atoms with van der Waals surface area (Å²) < 4.78 is 16.1. The van der Waals surface area contributed by atoms with Gasteiger partial charge < -0.3 is 19.5 Å². The second-order valence-electron chi connectivity index (χ2n) is 5.62. The van der Waals surface area contributed by atoms with Crippen molar-refractivity contribution in [2.24, 2.45) is 0 Å². The molecule has 0 aliphatic heterocycles. The van der Waals surface area contributed by atoms with E-state index in [-0.39, 0.29) is 5.91 Å². The SMILES string of the molecule is COc1ccc(CCNC(=O)c2ccc(Oc3nccs3)cc2)cc1OC. The third kappa shape index (κ3) is 4.98. The maximum atomic E-state index is 12.3. The minimum atomic E-state index is -0.128. The minimum Gasteiger partial charge on any atom is -0.493 e. The number of methoxy groups -OCH3 is 2. The number of nitrogens with zero attached hydrogens (tertiary/aromatic N) is 1. The van der Waals surface area contributed by atoms with E-state index in [2.05, 4.69) is 10.3 Å². The summed E-state index contributed by atoms with van der Waals surface area (Å²) in [5.41, 5.74) is 1.63. The van der Waals surface area contributed by atoms with E-state index in [1.807, 2.05) is 23.6 Å². The van der Waals surface area contributed by atoms with Gasteiger partial charge in [-0.05, 0) is 48.4 Å². The van der Waals surface area contributed by atoms with E-state index in [0.717, 1.165) is 5.56 Å². The number of amides is 1. The second-order valence-corrected chi connectivity index (χ2v) is 6.48. The van der Waals surface area contributed by atoms with Crippen LogP contribution in [0.15, 0.2) is 54.0 Å². The highest BCUT2D eigenvalue weighted by Gasteiger charge is 2.08. The van der Waals surface area contributed by atoms with Gasteiger partial charge in [0.25, 0.3) is 11.1 Å². The van der Waals surface area contributed by atoms with E-state index in [1.165, 1.54) is 11.3 Å². The minimum absolute atomic E-state index is 0.128. The molecule has 0 aliphatic carbocycles. The van der Waals surface area contributed by atoms with Crippen LogP contribution in [0.4, 0.5) is 0 Å². The summed E-state index contributed by atoms with van der Waals surface area (Å²) in [6.45, 7) is 0.520. The monoisotopic (exact) mass is 384 g/mol. The summed E-state index contributed by atoms with van der Waals surface area (Å²) in [7, 11) is 3.20. The maximum absolute atomic E-state index is 12.3. The van der Waals surface area contributed by atoms with Crippen LogP contribution in [-0.2, 0) is 6.42 Å². The summed E-state index contributed by atoms with van der Waals surface area (Å²) in [6.07, 6.45) is 2.37. The van der Waals surface area contributed by atoms with Gasteiger partial charge in [0, 0.05) is 23.7 Å². The van der Waals surface area contributed by atoms with Crippen molar-refractivity contribution in [3.63, 3.8) is 0 Å². The number of carbonyl (C=O) groups excluding carboxylic acids is 1. The number of hydrogen-bond donors (Lipinski definition) is 1. The normalized spacial score (nSPS) is 10.3. The van der Waals surface area contributed by atoms with Crippen LogP contribution in [0, 0.1) is 0 Å². The van der Waals surface area contributed by atoms with Crippen molar-refractivity contribution < 1.29 is 19.0 Å². The van der Waals surface area contributed by atoms with Crippen LogP contribution >= 0.6 is 11.3 Å². The fourth-order valence-electron chi connectivity index (χ4n) is 2.49. The number of aromatic nitrogens is 1. The van der Waals surface area contributed by atoms with E-state index in [9.17, 15) is 4.79 Å². The number of rotatable bonds is 8. The van der Waals surface area contributed by atoms with Gasteiger partial charge in [0.05, 0.1) is 14.2 Å². The Morgan fingerprint density at radius 3 is 2.52 bits per heavy atom. The smallest absolute Gasteiger partial charge is 0.278 e. The van der Waals surface area contributed by atoms with Gasteiger partial charge in [0.2, 0.25) is 0 Å². The molecule has 27 heavy (non-hydrogen) atoms. The van der Waals surface area contributed by atoms with Crippen LogP contribution in [0.25, 0.3) is 0 Å². The molecule has 0 saturated carbocycles. The molecular formula is C20H20N2O4S. The van der Waals surface area contributed by atoms with E-state index in [4.69, 9.17) is 14.2 Å². The zero-order chi connectivity index (χ0) is 19.1. The van der Waals surface area contributed by atoms with Crippen molar-refractivity contribution in [2.45, 2.75) is 6.42 Å². The molecule has 0 aliphatic rings. The number of nitrogens with one attached hydrogen (secondary N) is 1. The molecule has 0 spiro atoms. The Hall–Kier alpha value is -3.06. The Bertz CT molecular complexity index is 880. The molecule has 0 fully saturated rings. The molecule has 0 unspecified atom stereocenters. The predicted octanol–water partition coefficient (Wildman–Crippen LogP) is 3.93. The van der Waals surface area contributed by atoms with E-state index in [0.29, 0.717) is 41.0 Å². The average Bonchev–Trinajstić information content (AvgIpc) is 3.21. The fraction of sp³-hybridized carbons (Fsp3) is 0.200. The third-order valence-corrected chi connectivity index (χ3v) is 4.53. The fourth-order valence-corrected chi connectivity index (χ4v) is 3.00. The topological polar surface area (TPSA) is 69.7 Å². The molecule has 6 nitrogen and oxygen atoms in total. The molecule has 7 heteroatoms. The quantitative estimate of drug-likeness (QED) is 0.637. The van der Waals surface area contributed by atoms with Crippen molar-refractivity contribution in [3.05, 3.63) is 65.2 Å². The van der Waals surface area contributed by atoms with Crippen molar-refractivity contribution >= 4 is 17.2 Å². The van der Waals surface area contributed by atoms with Crippen LogP contribution in [0.2, 0.25) is 0 Å². The molecular weight excluding hydrogens is 364 g/mol. The van der Waals surface area contributed by atoms with Gasteiger partial charge in [-0.2, -0.15) is 0 Å². The summed E-state index contributed by atoms with van der Waals surface area (Å²) in [6, 6.07) is 12.7. The lowest BCUT2D eigenvalue weighted by Gasteiger charge is -2.10. The summed E-state index contributed by atoms with van der Waals surface area (Å²) in [4.78, 5) is 16.3. The Morgan fingerprint density at radius 1 is 1.07 bits per heavy atom. The molecule has 1 aromatic heterocycles. The number of benzene rings is 2. The Labute approximate surface area is 161 Å². The van der Waals surface area contributed by atoms with Gasteiger partial charge in [-0.3, -0.25) is 4.79 Å². The van der Waals surface area contributed by atoms with Crippen LogP contribution in [-0.4, -0.2) is 31.7 Å². The third-order valence-electron chi connectivity index (χ3n) is 3.88. The van der Waals surface area contributed by atoms with Crippen LogP contribution in [0.1, 0.15) is 15.9 Å². The van der Waals surface area contributed by atoms with Crippen LogP contribution in [0.3, 0.4) is 0 Å². The lowest BCUT2D eigenvalue weighted by atomic mass is 10.1. The second kappa shape index (κ2) is 9.05. The van der Waals surface area contributed by atoms with Crippen molar-refractivity contribution in [2.75, 3.05) is 20.8 Å². The van der Waals surface area contributed by atoms with E-state index >= 15 is 0 Å². The largest absolute Gasteiger partial charge is 0.493 e. The van der Waals surface area contributed by atoms with Crippen molar-refractivity contribution in [1.82, 2.24) is 10.3 Å². The first-order valence-corrected chi connectivity index (χ1v) is 9.24. The lowest BCUT2D eigenvalue weighted by molar-refractivity contribution is 0.0954. The first kappa shape index (κ1) is 18.7. The summed E-state index contributed by atoms with van der Waals surface area (Å²) >= 11 is 1.41. The van der Waals surface area contributed by atoms with Gasteiger partial charge in [-0.1, -0.05) is 17.4 Å². The summed E-state index contributed by atoms with van der Waals surface area (Å²) in [5.74, 6) is 1.88. The maximum Gasteiger partial charge on any atom is 0.278 e. The lowest BCUT2D eigenvalue weighted by Crippen LogP contribution is -2.25. The highest BCUT2D eigenvalue weighted by atomic mass is 32.1. The number of hydrogen-bond acceptors (Lipinski definition) is 6.